The molecule has 108 valence electrons. The SMILES string of the molecule is CSC1(CNc2nc3c(C)cccc3s2)CCCCC1. The Hall–Kier alpha value is -0.740. The van der Waals surface area contributed by atoms with E-state index < -0.39 is 0 Å². The van der Waals surface area contributed by atoms with Crippen molar-refractivity contribution >= 4 is 38.4 Å². The van der Waals surface area contributed by atoms with Gasteiger partial charge in [-0.1, -0.05) is 42.7 Å². The molecular weight excluding hydrogens is 284 g/mol. The smallest absolute Gasteiger partial charge is 0.183 e. The molecule has 0 unspecified atom stereocenters. The van der Waals surface area contributed by atoms with Crippen LogP contribution in [0.25, 0.3) is 10.2 Å². The quantitative estimate of drug-likeness (QED) is 0.852. The Bertz CT molecular complexity index is 585. The molecule has 20 heavy (non-hydrogen) atoms. The minimum atomic E-state index is 0.422. The molecule has 1 aromatic carbocycles. The van der Waals surface area contributed by atoms with Crippen molar-refractivity contribution in [2.75, 3.05) is 18.1 Å². The summed E-state index contributed by atoms with van der Waals surface area (Å²) in [6.45, 7) is 3.18. The summed E-state index contributed by atoms with van der Waals surface area (Å²) < 4.78 is 1.71. The van der Waals surface area contributed by atoms with Crippen molar-refractivity contribution < 1.29 is 0 Å². The highest BCUT2D eigenvalue weighted by atomic mass is 32.2. The van der Waals surface area contributed by atoms with Crippen LogP contribution in [0.2, 0.25) is 0 Å². The zero-order chi connectivity index (χ0) is 14.0. The van der Waals surface area contributed by atoms with Crippen LogP contribution < -0.4 is 5.32 Å². The summed E-state index contributed by atoms with van der Waals surface area (Å²) in [6, 6.07) is 6.41. The minimum absolute atomic E-state index is 0.422. The van der Waals surface area contributed by atoms with E-state index in [4.69, 9.17) is 4.98 Å². The maximum absolute atomic E-state index is 4.76. The van der Waals surface area contributed by atoms with Crippen LogP contribution in [0.5, 0.6) is 0 Å². The number of thiazole rings is 1. The van der Waals surface area contributed by atoms with Gasteiger partial charge in [0.25, 0.3) is 0 Å². The maximum atomic E-state index is 4.76. The van der Waals surface area contributed by atoms with Gasteiger partial charge < -0.3 is 5.32 Å². The van der Waals surface area contributed by atoms with E-state index in [9.17, 15) is 0 Å². The Kier molecular flexibility index (Phi) is 4.22. The largest absolute Gasteiger partial charge is 0.360 e. The molecule has 2 aromatic rings. The van der Waals surface area contributed by atoms with Crippen molar-refractivity contribution in [2.45, 2.75) is 43.8 Å². The summed E-state index contributed by atoms with van der Waals surface area (Å²) in [5.41, 5.74) is 2.42. The molecule has 2 nitrogen and oxygen atoms in total. The van der Waals surface area contributed by atoms with Crippen molar-refractivity contribution in [3.63, 3.8) is 0 Å². The highest BCUT2D eigenvalue weighted by molar-refractivity contribution is 8.00. The monoisotopic (exact) mass is 306 g/mol. The van der Waals surface area contributed by atoms with Gasteiger partial charge >= 0.3 is 0 Å². The number of aryl methyl sites for hydroxylation is 1. The lowest BCUT2D eigenvalue weighted by Gasteiger charge is -2.35. The number of nitrogens with one attached hydrogen (secondary N) is 1. The number of rotatable bonds is 4. The summed E-state index contributed by atoms with van der Waals surface area (Å²) in [5, 5.41) is 4.69. The third kappa shape index (κ3) is 2.82. The first-order valence-electron chi connectivity index (χ1n) is 7.38. The van der Waals surface area contributed by atoms with Gasteiger partial charge in [0.2, 0.25) is 0 Å². The molecule has 0 spiro atoms. The fourth-order valence-corrected chi connectivity index (χ4v) is 4.90. The third-order valence-corrected chi connectivity index (χ3v) is 6.78. The number of aromatic nitrogens is 1. The summed E-state index contributed by atoms with van der Waals surface area (Å²) in [7, 11) is 0. The van der Waals surface area contributed by atoms with E-state index >= 15 is 0 Å². The lowest BCUT2D eigenvalue weighted by Crippen LogP contribution is -2.35. The fraction of sp³-hybridized carbons (Fsp3) is 0.562. The molecule has 1 aliphatic rings. The van der Waals surface area contributed by atoms with E-state index in [1.54, 1.807) is 11.3 Å². The van der Waals surface area contributed by atoms with Crippen molar-refractivity contribution in [1.29, 1.82) is 0 Å². The number of fused-ring (bicyclic) bond motifs is 1. The standard InChI is InChI=1S/C16H22N2S2/c1-12-7-6-8-13-14(12)18-15(20-13)17-11-16(19-2)9-4-3-5-10-16/h6-8H,3-5,9-11H2,1-2H3,(H,17,18). The number of hydrogen-bond acceptors (Lipinski definition) is 4. The van der Waals surface area contributed by atoms with Gasteiger partial charge in [-0.15, -0.1) is 0 Å². The summed E-state index contributed by atoms with van der Waals surface area (Å²) in [6.07, 6.45) is 9.09. The van der Waals surface area contributed by atoms with Crippen molar-refractivity contribution in [2.24, 2.45) is 0 Å². The van der Waals surface area contributed by atoms with Gasteiger partial charge in [0.05, 0.1) is 10.2 Å². The molecule has 4 heteroatoms. The first kappa shape index (κ1) is 14.2. The van der Waals surface area contributed by atoms with Gasteiger partial charge in [0, 0.05) is 11.3 Å². The number of benzene rings is 1. The predicted molar refractivity (Wildman–Crippen MR) is 92.2 cm³/mol. The van der Waals surface area contributed by atoms with Crippen LogP contribution in [0.3, 0.4) is 0 Å². The molecule has 1 heterocycles. The second kappa shape index (κ2) is 5.94. The maximum Gasteiger partial charge on any atom is 0.183 e. The molecule has 0 bridgehead atoms. The summed E-state index contributed by atoms with van der Waals surface area (Å²) in [5.74, 6) is 0. The summed E-state index contributed by atoms with van der Waals surface area (Å²) in [4.78, 5) is 4.76. The molecule has 0 aliphatic heterocycles. The fourth-order valence-electron chi connectivity index (χ4n) is 3.05. The van der Waals surface area contributed by atoms with E-state index in [2.05, 4.69) is 36.7 Å². The Morgan fingerprint density at radius 2 is 2.10 bits per heavy atom. The lowest BCUT2D eigenvalue weighted by atomic mass is 9.88. The van der Waals surface area contributed by atoms with Gasteiger partial charge in [-0.3, -0.25) is 0 Å². The summed E-state index contributed by atoms with van der Waals surface area (Å²) >= 11 is 3.81. The van der Waals surface area contributed by atoms with Gasteiger partial charge in [-0.25, -0.2) is 4.98 Å². The van der Waals surface area contributed by atoms with Crippen LogP contribution in [-0.4, -0.2) is 22.5 Å². The first-order valence-corrected chi connectivity index (χ1v) is 9.42. The van der Waals surface area contributed by atoms with Gasteiger partial charge in [0.15, 0.2) is 5.13 Å². The topological polar surface area (TPSA) is 24.9 Å². The average Bonchev–Trinajstić information content (AvgIpc) is 2.91. The zero-order valence-electron chi connectivity index (χ0n) is 12.2. The average molecular weight is 307 g/mol. The molecule has 0 saturated heterocycles. The van der Waals surface area contributed by atoms with Gasteiger partial charge in [0.1, 0.15) is 0 Å². The number of nitrogens with zero attached hydrogens (tertiary/aromatic N) is 1. The predicted octanol–water partition coefficient (Wildman–Crippen LogP) is 5.08. The van der Waals surface area contributed by atoms with E-state index in [1.165, 1.54) is 42.4 Å². The molecule has 0 atom stereocenters. The van der Waals surface area contributed by atoms with E-state index in [-0.39, 0.29) is 0 Å². The van der Waals surface area contributed by atoms with Crippen molar-refractivity contribution in [3.8, 4) is 0 Å². The number of hydrogen-bond donors (Lipinski definition) is 1. The molecular formula is C16H22N2S2. The van der Waals surface area contributed by atoms with Crippen molar-refractivity contribution in [1.82, 2.24) is 4.98 Å². The van der Waals surface area contributed by atoms with E-state index in [0.717, 1.165) is 17.2 Å². The molecule has 0 amide bonds. The highest BCUT2D eigenvalue weighted by Gasteiger charge is 2.31. The van der Waals surface area contributed by atoms with Crippen LogP contribution in [0.1, 0.15) is 37.7 Å². The normalized spacial score (nSPS) is 18.3. The second-order valence-electron chi connectivity index (χ2n) is 5.74. The molecule has 1 N–H and O–H groups in total. The number of thioether (sulfide) groups is 1. The molecule has 1 aromatic heterocycles. The molecule has 0 radical (unpaired) electrons. The van der Waals surface area contributed by atoms with Crippen LogP contribution in [0, 0.1) is 6.92 Å². The Morgan fingerprint density at radius 3 is 2.80 bits per heavy atom. The van der Waals surface area contributed by atoms with Crippen LogP contribution in [-0.2, 0) is 0 Å². The second-order valence-corrected chi connectivity index (χ2v) is 8.05. The van der Waals surface area contributed by atoms with Gasteiger partial charge in [-0.05, 0) is 37.7 Å². The first-order chi connectivity index (χ1) is 9.72. The van der Waals surface area contributed by atoms with Crippen molar-refractivity contribution in [3.05, 3.63) is 23.8 Å². The van der Waals surface area contributed by atoms with Crippen LogP contribution in [0.4, 0.5) is 5.13 Å². The molecule has 3 rings (SSSR count). The zero-order valence-corrected chi connectivity index (χ0v) is 13.9. The Balaban J connectivity index is 1.74. The Morgan fingerprint density at radius 1 is 1.30 bits per heavy atom. The van der Waals surface area contributed by atoms with Crippen LogP contribution in [0.15, 0.2) is 18.2 Å². The number of para-hydroxylation sites is 1. The van der Waals surface area contributed by atoms with E-state index in [0.29, 0.717) is 4.75 Å². The Labute approximate surface area is 129 Å². The lowest BCUT2D eigenvalue weighted by molar-refractivity contribution is 0.411. The van der Waals surface area contributed by atoms with E-state index in [1.807, 2.05) is 11.8 Å². The minimum Gasteiger partial charge on any atom is -0.360 e. The molecule has 1 aliphatic carbocycles. The highest BCUT2D eigenvalue weighted by Crippen LogP contribution is 2.39. The molecule has 1 saturated carbocycles. The number of anilines is 1. The third-order valence-electron chi connectivity index (χ3n) is 4.38. The van der Waals surface area contributed by atoms with Crippen LogP contribution >= 0.6 is 23.1 Å². The molecule has 1 fully saturated rings. The van der Waals surface area contributed by atoms with Gasteiger partial charge in [-0.2, -0.15) is 11.8 Å².